The lowest BCUT2D eigenvalue weighted by Crippen LogP contribution is -1.98. The number of methoxy groups -OCH3 is 1. The molecular formula is C19H14N4O2S. The second-order valence-electron chi connectivity index (χ2n) is 5.84. The van der Waals surface area contributed by atoms with E-state index in [2.05, 4.69) is 15.1 Å². The van der Waals surface area contributed by atoms with Gasteiger partial charge in [0.15, 0.2) is 11.5 Å². The highest BCUT2D eigenvalue weighted by molar-refractivity contribution is 7.16. The Morgan fingerprint density at radius 2 is 1.85 bits per heavy atom. The molecule has 5 rings (SSSR count). The van der Waals surface area contributed by atoms with E-state index in [4.69, 9.17) is 9.47 Å². The van der Waals surface area contributed by atoms with Crippen LogP contribution in [-0.2, 0) is 6.61 Å². The fourth-order valence-corrected chi connectivity index (χ4v) is 3.67. The molecule has 7 heteroatoms. The van der Waals surface area contributed by atoms with Crippen molar-refractivity contribution >= 4 is 38.0 Å². The number of nitrogens with zero attached hydrogens (tertiary/aromatic N) is 4. The fourth-order valence-electron chi connectivity index (χ4n) is 2.94. The molecule has 0 aliphatic rings. The Morgan fingerprint density at radius 1 is 1.04 bits per heavy atom. The lowest BCUT2D eigenvalue weighted by Gasteiger charge is -2.06. The van der Waals surface area contributed by atoms with E-state index in [1.165, 1.54) is 0 Å². The molecule has 2 aromatic carbocycles. The van der Waals surface area contributed by atoms with Crippen molar-refractivity contribution < 1.29 is 9.47 Å². The minimum absolute atomic E-state index is 0.301. The van der Waals surface area contributed by atoms with E-state index in [1.54, 1.807) is 29.3 Å². The molecule has 128 valence electrons. The van der Waals surface area contributed by atoms with Crippen LogP contribution in [0.4, 0.5) is 0 Å². The predicted molar refractivity (Wildman–Crippen MR) is 101 cm³/mol. The summed E-state index contributed by atoms with van der Waals surface area (Å²) in [7, 11) is 1.67. The minimum Gasteiger partial charge on any atom is -0.497 e. The van der Waals surface area contributed by atoms with E-state index < -0.39 is 0 Å². The molecule has 0 aliphatic heterocycles. The molecule has 5 aromatic rings. The number of rotatable bonds is 4. The highest BCUT2D eigenvalue weighted by Gasteiger charge is 2.10. The monoisotopic (exact) mass is 362 g/mol. The summed E-state index contributed by atoms with van der Waals surface area (Å²) >= 11 is 1.59. The van der Waals surface area contributed by atoms with Crippen molar-refractivity contribution in [1.29, 1.82) is 0 Å². The van der Waals surface area contributed by atoms with Crippen molar-refractivity contribution in [1.82, 2.24) is 19.6 Å². The summed E-state index contributed by atoms with van der Waals surface area (Å²) in [6.07, 6.45) is 1.69. The third kappa shape index (κ3) is 2.53. The summed E-state index contributed by atoms with van der Waals surface area (Å²) in [5.74, 6) is 2.24. The van der Waals surface area contributed by atoms with Crippen LogP contribution in [0.15, 0.2) is 54.2 Å². The molecule has 0 saturated carbocycles. The van der Waals surface area contributed by atoms with Gasteiger partial charge in [-0.1, -0.05) is 12.1 Å². The second kappa shape index (κ2) is 5.96. The number of fused-ring (bicyclic) bond motifs is 4. The minimum atomic E-state index is 0.301. The number of hydrogen-bond acceptors (Lipinski definition) is 6. The van der Waals surface area contributed by atoms with E-state index in [-0.39, 0.29) is 0 Å². The zero-order valence-electron chi connectivity index (χ0n) is 13.9. The first-order valence-electron chi connectivity index (χ1n) is 8.08. The van der Waals surface area contributed by atoms with Crippen molar-refractivity contribution in [3.05, 3.63) is 60.0 Å². The Kier molecular flexibility index (Phi) is 3.46. The van der Waals surface area contributed by atoms with Crippen molar-refractivity contribution in [2.75, 3.05) is 7.11 Å². The maximum Gasteiger partial charge on any atom is 0.189 e. The quantitative estimate of drug-likeness (QED) is 0.482. The van der Waals surface area contributed by atoms with Crippen LogP contribution in [-0.4, -0.2) is 26.7 Å². The Hall–Kier alpha value is -3.19. The van der Waals surface area contributed by atoms with Gasteiger partial charge in [0, 0.05) is 0 Å². The van der Waals surface area contributed by atoms with Crippen LogP contribution in [0.5, 0.6) is 11.5 Å². The highest BCUT2D eigenvalue weighted by atomic mass is 32.1. The molecule has 26 heavy (non-hydrogen) atoms. The van der Waals surface area contributed by atoms with Gasteiger partial charge in [-0.2, -0.15) is 0 Å². The average molecular weight is 362 g/mol. The largest absolute Gasteiger partial charge is 0.497 e. The van der Waals surface area contributed by atoms with Gasteiger partial charge < -0.3 is 9.47 Å². The van der Waals surface area contributed by atoms with Crippen molar-refractivity contribution in [3.63, 3.8) is 0 Å². The number of ether oxygens (including phenoxy) is 2. The molecule has 0 bridgehead atoms. The first kappa shape index (κ1) is 15.1. The molecule has 0 atom stereocenters. The van der Waals surface area contributed by atoms with Gasteiger partial charge in [0.05, 0.1) is 12.5 Å². The van der Waals surface area contributed by atoms with Crippen LogP contribution in [0.1, 0.15) is 5.82 Å². The first-order chi connectivity index (χ1) is 12.8. The zero-order valence-corrected chi connectivity index (χ0v) is 14.7. The Bertz CT molecular complexity index is 1240. The summed E-state index contributed by atoms with van der Waals surface area (Å²) in [5.41, 5.74) is 0.806. The normalized spacial score (nSPS) is 11.4. The molecule has 0 spiro atoms. The predicted octanol–water partition coefficient (Wildman–Crippen LogP) is 4.08. The number of hydrogen-bond donors (Lipinski definition) is 0. The van der Waals surface area contributed by atoms with E-state index in [1.807, 2.05) is 47.8 Å². The molecule has 6 nitrogen and oxygen atoms in total. The standard InChI is InChI=1S/C19H14N4O2S/c1-24-14-4-2-13-9-15(5-3-12(13)8-14)25-10-17-21-18-16-6-7-26-19(16)20-11-23(18)22-17/h2-9,11H,10H2,1H3. The van der Waals surface area contributed by atoms with Gasteiger partial charge in [-0.25, -0.2) is 14.5 Å². The molecule has 3 aromatic heterocycles. The topological polar surface area (TPSA) is 61.5 Å². The summed E-state index contributed by atoms with van der Waals surface area (Å²) in [6, 6.07) is 13.9. The van der Waals surface area contributed by atoms with E-state index in [0.717, 1.165) is 38.1 Å². The molecule has 0 fully saturated rings. The van der Waals surface area contributed by atoms with Crippen LogP contribution in [0.3, 0.4) is 0 Å². The Labute approximate surface area is 152 Å². The van der Waals surface area contributed by atoms with Crippen LogP contribution in [0, 0.1) is 0 Å². The lowest BCUT2D eigenvalue weighted by atomic mass is 10.1. The third-order valence-corrected chi connectivity index (χ3v) is 5.05. The van der Waals surface area contributed by atoms with Crippen LogP contribution < -0.4 is 9.47 Å². The highest BCUT2D eigenvalue weighted by Crippen LogP contribution is 2.25. The molecule has 0 saturated heterocycles. The molecular weight excluding hydrogens is 348 g/mol. The maximum atomic E-state index is 5.89. The summed E-state index contributed by atoms with van der Waals surface area (Å²) in [5, 5.41) is 9.66. The SMILES string of the molecule is COc1ccc2cc(OCc3nc4c5ccsc5ncn4n3)ccc2c1. The van der Waals surface area contributed by atoms with Gasteiger partial charge in [0.25, 0.3) is 0 Å². The van der Waals surface area contributed by atoms with E-state index >= 15 is 0 Å². The molecule has 0 radical (unpaired) electrons. The molecule has 0 aliphatic carbocycles. The lowest BCUT2D eigenvalue weighted by molar-refractivity contribution is 0.296. The summed E-state index contributed by atoms with van der Waals surface area (Å²) in [4.78, 5) is 9.93. The van der Waals surface area contributed by atoms with Crippen molar-refractivity contribution in [3.8, 4) is 11.5 Å². The fraction of sp³-hybridized carbons (Fsp3) is 0.105. The first-order valence-corrected chi connectivity index (χ1v) is 8.96. The average Bonchev–Trinajstić information content (AvgIpc) is 3.31. The van der Waals surface area contributed by atoms with Crippen molar-refractivity contribution in [2.45, 2.75) is 6.61 Å². The third-order valence-electron chi connectivity index (χ3n) is 4.23. The zero-order chi connectivity index (χ0) is 17.5. The van der Waals surface area contributed by atoms with Gasteiger partial charge in [0.2, 0.25) is 0 Å². The van der Waals surface area contributed by atoms with E-state index in [9.17, 15) is 0 Å². The second-order valence-corrected chi connectivity index (χ2v) is 6.74. The number of thiophene rings is 1. The smallest absolute Gasteiger partial charge is 0.189 e. The van der Waals surface area contributed by atoms with Crippen LogP contribution in [0.2, 0.25) is 0 Å². The van der Waals surface area contributed by atoms with Crippen LogP contribution >= 0.6 is 11.3 Å². The maximum absolute atomic E-state index is 5.89. The summed E-state index contributed by atoms with van der Waals surface area (Å²) < 4.78 is 12.8. The van der Waals surface area contributed by atoms with Gasteiger partial charge >= 0.3 is 0 Å². The Morgan fingerprint density at radius 3 is 2.69 bits per heavy atom. The van der Waals surface area contributed by atoms with Gasteiger partial charge in [0.1, 0.15) is 29.3 Å². The van der Waals surface area contributed by atoms with Gasteiger partial charge in [-0.15, -0.1) is 16.4 Å². The Balaban J connectivity index is 1.41. The van der Waals surface area contributed by atoms with Gasteiger partial charge in [-0.05, 0) is 46.5 Å². The van der Waals surface area contributed by atoms with Crippen molar-refractivity contribution in [2.24, 2.45) is 0 Å². The molecule has 3 heterocycles. The number of aromatic nitrogens is 4. The summed E-state index contributed by atoms with van der Waals surface area (Å²) in [6.45, 7) is 0.301. The molecule has 0 amide bonds. The molecule has 0 unspecified atom stereocenters. The van der Waals surface area contributed by atoms with Gasteiger partial charge in [-0.3, -0.25) is 0 Å². The van der Waals surface area contributed by atoms with E-state index in [0.29, 0.717) is 12.4 Å². The van der Waals surface area contributed by atoms with Crippen LogP contribution in [0.25, 0.3) is 26.6 Å². The number of benzene rings is 2. The molecule has 0 N–H and O–H groups in total.